The van der Waals surface area contributed by atoms with Gasteiger partial charge in [0.15, 0.2) is 6.29 Å². The van der Waals surface area contributed by atoms with Gasteiger partial charge in [0, 0.05) is 13.0 Å². The minimum atomic E-state index is -0.146. The van der Waals surface area contributed by atoms with E-state index in [9.17, 15) is 0 Å². The molecule has 0 fully saturated rings. The summed E-state index contributed by atoms with van der Waals surface area (Å²) >= 11 is 0. The largest absolute Gasteiger partial charge is 0.465 e. The Kier molecular flexibility index (Phi) is 7.95. The molecule has 0 spiro atoms. The molecule has 22 heavy (non-hydrogen) atoms. The number of hydrogen-bond donors (Lipinski definition) is 0. The Morgan fingerprint density at radius 3 is 2.36 bits per heavy atom. The number of aryl methyl sites for hydroxylation is 1. The molecule has 0 aliphatic carbocycles. The summed E-state index contributed by atoms with van der Waals surface area (Å²) in [5.74, 6) is 0.938. The van der Waals surface area contributed by atoms with E-state index in [0.29, 0.717) is 6.61 Å². The van der Waals surface area contributed by atoms with E-state index in [1.165, 1.54) is 36.8 Å². The highest BCUT2D eigenvalue weighted by molar-refractivity contribution is 5.39. The fourth-order valence-electron chi connectivity index (χ4n) is 2.73. The van der Waals surface area contributed by atoms with Crippen molar-refractivity contribution in [2.75, 3.05) is 6.61 Å². The van der Waals surface area contributed by atoms with Crippen molar-refractivity contribution >= 4 is 0 Å². The van der Waals surface area contributed by atoms with E-state index in [2.05, 4.69) is 52.8 Å². The third-order valence-electron chi connectivity index (χ3n) is 4.31. The average molecular weight is 306 g/mol. The SMILES string of the molecule is CCCCCC(C)(C)c1ccc(OC(CC)OCC)c(C)c1. The molecule has 0 N–H and O–H groups in total. The molecule has 0 aliphatic rings. The van der Waals surface area contributed by atoms with Gasteiger partial charge in [0.2, 0.25) is 0 Å². The summed E-state index contributed by atoms with van der Waals surface area (Å²) in [7, 11) is 0. The van der Waals surface area contributed by atoms with E-state index in [1.54, 1.807) is 0 Å². The maximum atomic E-state index is 5.98. The van der Waals surface area contributed by atoms with E-state index in [-0.39, 0.29) is 11.7 Å². The van der Waals surface area contributed by atoms with E-state index in [4.69, 9.17) is 9.47 Å². The number of hydrogen-bond acceptors (Lipinski definition) is 2. The maximum Gasteiger partial charge on any atom is 0.199 e. The predicted molar refractivity (Wildman–Crippen MR) is 94.7 cm³/mol. The molecule has 2 heteroatoms. The predicted octanol–water partition coefficient (Wildman–Crippen LogP) is 6.00. The zero-order valence-electron chi connectivity index (χ0n) is 15.4. The number of ether oxygens (including phenoxy) is 2. The van der Waals surface area contributed by atoms with Gasteiger partial charge in [-0.15, -0.1) is 0 Å². The van der Waals surface area contributed by atoms with Gasteiger partial charge in [-0.3, -0.25) is 0 Å². The Morgan fingerprint density at radius 1 is 1.09 bits per heavy atom. The van der Waals surface area contributed by atoms with E-state index >= 15 is 0 Å². The third kappa shape index (κ3) is 5.64. The zero-order chi connectivity index (χ0) is 16.6. The highest BCUT2D eigenvalue weighted by Crippen LogP contribution is 2.32. The van der Waals surface area contributed by atoms with Gasteiger partial charge < -0.3 is 9.47 Å². The van der Waals surface area contributed by atoms with Crippen LogP contribution in [0.5, 0.6) is 5.75 Å². The molecule has 0 amide bonds. The summed E-state index contributed by atoms with van der Waals surface area (Å²) in [6.45, 7) is 13.8. The Balaban J connectivity index is 2.79. The smallest absolute Gasteiger partial charge is 0.199 e. The van der Waals surface area contributed by atoms with Gasteiger partial charge in [-0.25, -0.2) is 0 Å². The van der Waals surface area contributed by atoms with E-state index in [1.807, 2.05) is 6.92 Å². The summed E-state index contributed by atoms with van der Waals surface area (Å²) in [6.07, 6.45) is 5.83. The molecule has 0 bridgehead atoms. The molecule has 1 aromatic carbocycles. The lowest BCUT2D eigenvalue weighted by Crippen LogP contribution is -2.20. The quantitative estimate of drug-likeness (QED) is 0.389. The van der Waals surface area contributed by atoms with E-state index < -0.39 is 0 Å². The fraction of sp³-hybridized carbons (Fsp3) is 0.700. The normalized spacial score (nSPS) is 13.2. The Labute approximate surface area is 137 Å². The average Bonchev–Trinajstić information content (AvgIpc) is 2.48. The Morgan fingerprint density at radius 2 is 1.82 bits per heavy atom. The fourth-order valence-corrected chi connectivity index (χ4v) is 2.73. The molecule has 0 aliphatic heterocycles. The number of rotatable bonds is 10. The highest BCUT2D eigenvalue weighted by Gasteiger charge is 2.21. The topological polar surface area (TPSA) is 18.5 Å². The first-order valence-corrected chi connectivity index (χ1v) is 8.84. The summed E-state index contributed by atoms with van der Waals surface area (Å²) < 4.78 is 11.6. The molecule has 0 saturated carbocycles. The van der Waals surface area contributed by atoms with Gasteiger partial charge in [0.25, 0.3) is 0 Å². The summed E-state index contributed by atoms with van der Waals surface area (Å²) in [5.41, 5.74) is 2.82. The van der Waals surface area contributed by atoms with Crippen molar-refractivity contribution in [3.05, 3.63) is 29.3 Å². The number of unbranched alkanes of at least 4 members (excludes halogenated alkanes) is 2. The van der Waals surface area contributed by atoms with Crippen molar-refractivity contribution in [3.8, 4) is 5.75 Å². The second kappa shape index (κ2) is 9.19. The van der Waals surface area contributed by atoms with Gasteiger partial charge in [0.05, 0.1) is 0 Å². The minimum Gasteiger partial charge on any atom is -0.465 e. The zero-order valence-corrected chi connectivity index (χ0v) is 15.4. The van der Waals surface area contributed by atoms with Crippen molar-refractivity contribution in [1.82, 2.24) is 0 Å². The van der Waals surface area contributed by atoms with Crippen LogP contribution in [0.2, 0.25) is 0 Å². The Bertz CT molecular complexity index is 437. The van der Waals surface area contributed by atoms with Crippen LogP contribution in [0.15, 0.2) is 18.2 Å². The van der Waals surface area contributed by atoms with Crippen LogP contribution < -0.4 is 4.74 Å². The lowest BCUT2D eigenvalue weighted by Gasteiger charge is -2.27. The first-order chi connectivity index (χ1) is 10.4. The molecule has 1 atom stereocenters. The van der Waals surface area contributed by atoms with Crippen LogP contribution in [0.25, 0.3) is 0 Å². The number of benzene rings is 1. The lowest BCUT2D eigenvalue weighted by molar-refractivity contribution is -0.0769. The van der Waals surface area contributed by atoms with Crippen LogP contribution in [-0.2, 0) is 10.2 Å². The summed E-state index contributed by atoms with van der Waals surface area (Å²) in [5, 5.41) is 0. The second-order valence-corrected chi connectivity index (χ2v) is 6.73. The molecule has 0 radical (unpaired) electrons. The van der Waals surface area contributed by atoms with Crippen LogP contribution in [-0.4, -0.2) is 12.9 Å². The molecular formula is C20H34O2. The maximum absolute atomic E-state index is 5.98. The van der Waals surface area contributed by atoms with Crippen LogP contribution in [0.3, 0.4) is 0 Å². The minimum absolute atomic E-state index is 0.146. The van der Waals surface area contributed by atoms with Gasteiger partial charge in [-0.1, -0.05) is 59.1 Å². The molecule has 1 unspecified atom stereocenters. The molecule has 126 valence electrons. The van der Waals surface area contributed by atoms with Gasteiger partial charge in [0.1, 0.15) is 5.75 Å². The van der Waals surface area contributed by atoms with Crippen LogP contribution >= 0.6 is 0 Å². The first kappa shape index (κ1) is 19.0. The van der Waals surface area contributed by atoms with Crippen LogP contribution in [0.4, 0.5) is 0 Å². The second-order valence-electron chi connectivity index (χ2n) is 6.73. The van der Waals surface area contributed by atoms with Crippen molar-refractivity contribution in [2.45, 2.75) is 85.4 Å². The molecule has 1 rings (SSSR count). The Hall–Kier alpha value is -1.02. The molecule has 0 aromatic heterocycles. The molecule has 0 heterocycles. The molecule has 0 saturated heterocycles. The summed E-state index contributed by atoms with van der Waals surface area (Å²) in [4.78, 5) is 0. The lowest BCUT2D eigenvalue weighted by atomic mass is 9.79. The van der Waals surface area contributed by atoms with Crippen LogP contribution in [0.1, 0.15) is 77.8 Å². The van der Waals surface area contributed by atoms with E-state index in [0.717, 1.165) is 12.2 Å². The van der Waals surface area contributed by atoms with Gasteiger partial charge in [-0.2, -0.15) is 0 Å². The molecule has 2 nitrogen and oxygen atoms in total. The van der Waals surface area contributed by atoms with Crippen molar-refractivity contribution in [1.29, 1.82) is 0 Å². The van der Waals surface area contributed by atoms with Gasteiger partial charge >= 0.3 is 0 Å². The summed E-state index contributed by atoms with van der Waals surface area (Å²) in [6, 6.07) is 6.60. The van der Waals surface area contributed by atoms with Gasteiger partial charge in [-0.05, 0) is 42.9 Å². The van der Waals surface area contributed by atoms with Crippen molar-refractivity contribution in [2.24, 2.45) is 0 Å². The molecule has 1 aromatic rings. The van der Waals surface area contributed by atoms with Crippen molar-refractivity contribution in [3.63, 3.8) is 0 Å². The third-order valence-corrected chi connectivity index (χ3v) is 4.31. The monoisotopic (exact) mass is 306 g/mol. The van der Waals surface area contributed by atoms with Crippen molar-refractivity contribution < 1.29 is 9.47 Å². The van der Waals surface area contributed by atoms with Crippen LogP contribution in [0, 0.1) is 6.92 Å². The first-order valence-electron chi connectivity index (χ1n) is 8.84. The highest BCUT2D eigenvalue weighted by atomic mass is 16.7. The standard InChI is InChI=1S/C20H34O2/c1-7-10-11-14-20(5,6)17-12-13-18(16(4)15-17)22-19(8-2)21-9-3/h12-13,15,19H,7-11,14H2,1-6H3. The molecular weight excluding hydrogens is 272 g/mol.